The number of aromatic nitrogens is 4. The second kappa shape index (κ2) is 5.92. The van der Waals surface area contributed by atoms with Crippen molar-refractivity contribution in [2.24, 2.45) is 0 Å². The van der Waals surface area contributed by atoms with Crippen LogP contribution < -0.4 is 10.2 Å². The van der Waals surface area contributed by atoms with Crippen LogP contribution in [0.4, 0.5) is 5.82 Å². The maximum atomic E-state index is 4.65. The summed E-state index contributed by atoms with van der Waals surface area (Å²) in [6.45, 7) is 6.03. The number of anilines is 1. The van der Waals surface area contributed by atoms with Gasteiger partial charge in [-0.3, -0.25) is 4.98 Å². The third-order valence-corrected chi connectivity index (χ3v) is 3.30. The van der Waals surface area contributed by atoms with E-state index in [1.807, 2.05) is 13.0 Å². The van der Waals surface area contributed by atoms with E-state index in [4.69, 9.17) is 0 Å². The Labute approximate surface area is 118 Å². The molecule has 0 saturated carbocycles. The van der Waals surface area contributed by atoms with Crippen LogP contribution in [0.2, 0.25) is 0 Å². The fourth-order valence-electron chi connectivity index (χ4n) is 2.32. The molecule has 1 aliphatic heterocycles. The van der Waals surface area contributed by atoms with Gasteiger partial charge in [0, 0.05) is 43.8 Å². The Morgan fingerprint density at radius 1 is 1.15 bits per heavy atom. The van der Waals surface area contributed by atoms with Crippen molar-refractivity contribution in [3.05, 3.63) is 30.4 Å². The van der Waals surface area contributed by atoms with Crippen LogP contribution in [0, 0.1) is 6.92 Å². The number of nitrogens with zero attached hydrogens (tertiary/aromatic N) is 5. The van der Waals surface area contributed by atoms with Crippen molar-refractivity contribution in [2.45, 2.75) is 13.3 Å². The summed E-state index contributed by atoms with van der Waals surface area (Å²) in [6.07, 6.45) is 6.14. The molecule has 0 radical (unpaired) electrons. The summed E-state index contributed by atoms with van der Waals surface area (Å²) in [5.41, 5.74) is 1.67. The van der Waals surface area contributed by atoms with E-state index >= 15 is 0 Å². The van der Waals surface area contributed by atoms with E-state index in [0.29, 0.717) is 11.5 Å². The molecule has 3 rings (SSSR count). The maximum Gasteiger partial charge on any atom is 0.182 e. The first-order valence-corrected chi connectivity index (χ1v) is 6.91. The van der Waals surface area contributed by atoms with Gasteiger partial charge in [-0.2, -0.15) is 0 Å². The molecule has 2 aromatic heterocycles. The van der Waals surface area contributed by atoms with Crippen LogP contribution in [0.15, 0.2) is 24.7 Å². The van der Waals surface area contributed by atoms with E-state index in [-0.39, 0.29) is 0 Å². The average Bonchev–Trinajstić information content (AvgIpc) is 2.77. The molecule has 0 amide bonds. The van der Waals surface area contributed by atoms with Gasteiger partial charge >= 0.3 is 0 Å². The minimum Gasteiger partial charge on any atom is -0.355 e. The molecule has 6 heteroatoms. The van der Waals surface area contributed by atoms with E-state index in [1.54, 1.807) is 18.6 Å². The smallest absolute Gasteiger partial charge is 0.182 e. The molecule has 0 aliphatic carbocycles. The van der Waals surface area contributed by atoms with Crippen LogP contribution in [0.25, 0.3) is 11.5 Å². The van der Waals surface area contributed by atoms with Crippen LogP contribution in [0.5, 0.6) is 0 Å². The van der Waals surface area contributed by atoms with Gasteiger partial charge < -0.3 is 10.2 Å². The van der Waals surface area contributed by atoms with Gasteiger partial charge in [-0.1, -0.05) is 0 Å². The van der Waals surface area contributed by atoms with Crippen molar-refractivity contribution in [1.29, 1.82) is 0 Å². The fraction of sp³-hybridized carbons (Fsp3) is 0.429. The lowest BCUT2D eigenvalue weighted by Crippen LogP contribution is -2.28. The summed E-state index contributed by atoms with van der Waals surface area (Å²) in [7, 11) is 0. The molecular weight excluding hydrogens is 252 g/mol. The van der Waals surface area contributed by atoms with Gasteiger partial charge in [0.1, 0.15) is 11.5 Å². The number of hydrogen-bond acceptors (Lipinski definition) is 6. The third-order valence-electron chi connectivity index (χ3n) is 3.30. The van der Waals surface area contributed by atoms with Crippen molar-refractivity contribution >= 4 is 5.82 Å². The summed E-state index contributed by atoms with van der Waals surface area (Å²) in [5.74, 6) is 1.62. The molecule has 0 atom stereocenters. The fourth-order valence-corrected chi connectivity index (χ4v) is 2.32. The highest BCUT2D eigenvalue weighted by molar-refractivity contribution is 5.52. The van der Waals surface area contributed by atoms with Gasteiger partial charge in [0.25, 0.3) is 0 Å². The molecule has 3 heterocycles. The standard InChI is InChI=1S/C14H18N6/c1-11-9-13(20-7-2-3-15-6-8-20)19-14(18-11)12-10-16-4-5-17-12/h4-5,9-10,15H,2-3,6-8H2,1H3. The molecule has 0 unspecified atom stereocenters. The van der Waals surface area contributed by atoms with E-state index < -0.39 is 0 Å². The van der Waals surface area contributed by atoms with Crippen LogP contribution >= 0.6 is 0 Å². The molecule has 1 N–H and O–H groups in total. The van der Waals surface area contributed by atoms with E-state index in [1.165, 1.54) is 0 Å². The lowest BCUT2D eigenvalue weighted by atomic mass is 10.3. The van der Waals surface area contributed by atoms with Gasteiger partial charge in [-0.05, 0) is 19.9 Å². The minimum absolute atomic E-state index is 0.644. The molecule has 0 spiro atoms. The van der Waals surface area contributed by atoms with Gasteiger partial charge in [-0.15, -0.1) is 0 Å². The first-order chi connectivity index (χ1) is 9.83. The Morgan fingerprint density at radius 3 is 2.95 bits per heavy atom. The van der Waals surface area contributed by atoms with Gasteiger partial charge in [0.15, 0.2) is 5.82 Å². The molecule has 104 valence electrons. The highest BCUT2D eigenvalue weighted by atomic mass is 15.2. The molecule has 1 saturated heterocycles. The minimum atomic E-state index is 0.644. The molecule has 20 heavy (non-hydrogen) atoms. The Kier molecular flexibility index (Phi) is 3.83. The Balaban J connectivity index is 1.94. The summed E-state index contributed by atoms with van der Waals surface area (Å²) >= 11 is 0. The van der Waals surface area contributed by atoms with E-state index in [2.05, 4.69) is 30.2 Å². The van der Waals surface area contributed by atoms with E-state index in [0.717, 1.165) is 44.1 Å². The van der Waals surface area contributed by atoms with Crippen LogP contribution in [0.1, 0.15) is 12.1 Å². The highest BCUT2D eigenvalue weighted by Gasteiger charge is 2.13. The van der Waals surface area contributed by atoms with Gasteiger partial charge in [0.2, 0.25) is 0 Å². The predicted molar refractivity (Wildman–Crippen MR) is 77.5 cm³/mol. The molecule has 1 aliphatic rings. The van der Waals surface area contributed by atoms with Crippen molar-refractivity contribution < 1.29 is 0 Å². The van der Waals surface area contributed by atoms with Gasteiger partial charge in [0.05, 0.1) is 6.20 Å². The summed E-state index contributed by atoms with van der Waals surface area (Å²) in [4.78, 5) is 19.8. The first kappa shape index (κ1) is 12.9. The topological polar surface area (TPSA) is 66.8 Å². The normalized spacial score (nSPS) is 15.9. The Bertz CT molecular complexity index is 563. The second-order valence-electron chi connectivity index (χ2n) is 4.87. The monoisotopic (exact) mass is 270 g/mol. The average molecular weight is 270 g/mol. The predicted octanol–water partition coefficient (Wildman–Crippen LogP) is 1.04. The van der Waals surface area contributed by atoms with Gasteiger partial charge in [-0.25, -0.2) is 15.0 Å². The van der Waals surface area contributed by atoms with Crippen molar-refractivity contribution in [2.75, 3.05) is 31.1 Å². The number of aryl methyl sites for hydroxylation is 1. The third kappa shape index (κ3) is 2.91. The number of hydrogen-bond donors (Lipinski definition) is 1. The Morgan fingerprint density at radius 2 is 2.10 bits per heavy atom. The molecule has 1 fully saturated rings. The molecule has 6 nitrogen and oxygen atoms in total. The quantitative estimate of drug-likeness (QED) is 0.879. The second-order valence-corrected chi connectivity index (χ2v) is 4.87. The number of rotatable bonds is 2. The highest BCUT2D eigenvalue weighted by Crippen LogP contribution is 2.18. The van der Waals surface area contributed by atoms with Crippen molar-refractivity contribution in [1.82, 2.24) is 25.3 Å². The lowest BCUT2D eigenvalue weighted by Gasteiger charge is -2.21. The van der Waals surface area contributed by atoms with Crippen molar-refractivity contribution in [3.63, 3.8) is 0 Å². The zero-order valence-electron chi connectivity index (χ0n) is 11.6. The molecule has 2 aromatic rings. The zero-order valence-corrected chi connectivity index (χ0v) is 11.6. The van der Waals surface area contributed by atoms with Crippen LogP contribution in [0.3, 0.4) is 0 Å². The maximum absolute atomic E-state index is 4.65. The summed E-state index contributed by atoms with van der Waals surface area (Å²) < 4.78 is 0. The molecule has 0 bridgehead atoms. The summed E-state index contributed by atoms with van der Waals surface area (Å²) in [6, 6.07) is 2.03. The largest absolute Gasteiger partial charge is 0.355 e. The van der Waals surface area contributed by atoms with Crippen LogP contribution in [-0.4, -0.2) is 46.1 Å². The zero-order chi connectivity index (χ0) is 13.8. The Hall–Kier alpha value is -2.08. The van der Waals surface area contributed by atoms with E-state index in [9.17, 15) is 0 Å². The van der Waals surface area contributed by atoms with Crippen molar-refractivity contribution in [3.8, 4) is 11.5 Å². The SMILES string of the molecule is Cc1cc(N2CCCNCC2)nc(-c2cnccn2)n1. The first-order valence-electron chi connectivity index (χ1n) is 6.91. The lowest BCUT2D eigenvalue weighted by molar-refractivity contribution is 0.724. The molecule has 0 aromatic carbocycles. The van der Waals surface area contributed by atoms with Crippen LogP contribution in [-0.2, 0) is 0 Å². The number of nitrogens with one attached hydrogen (secondary N) is 1. The summed E-state index contributed by atoms with van der Waals surface area (Å²) in [5, 5.41) is 3.40. The molecular formula is C14H18N6.